The lowest BCUT2D eigenvalue weighted by molar-refractivity contribution is -0.123. The van der Waals surface area contributed by atoms with Crippen LogP contribution in [-0.4, -0.2) is 34.9 Å². The molecule has 0 rings (SSSR count). The molecule has 0 aliphatic heterocycles. The van der Waals surface area contributed by atoms with Crippen molar-refractivity contribution in [2.45, 2.75) is 353 Å². The lowest BCUT2D eigenvalue weighted by Gasteiger charge is -2.20. The fraction of sp³-hybridized carbons (Fsp3) is 0.949. The predicted octanol–water partition coefficient (Wildman–Crippen LogP) is 19.3. The second-order valence-corrected chi connectivity index (χ2v) is 20.4. The molecule has 0 bridgehead atoms. The maximum atomic E-state index is 12.5. The number of aliphatic hydroxyl groups is 2. The van der Waals surface area contributed by atoms with E-state index in [1.807, 2.05) is 6.08 Å². The lowest BCUT2D eigenvalue weighted by atomic mass is 10.0. The van der Waals surface area contributed by atoms with E-state index in [0.29, 0.717) is 6.42 Å². The number of rotatable bonds is 55. The van der Waals surface area contributed by atoms with Crippen molar-refractivity contribution in [2.24, 2.45) is 0 Å². The smallest absolute Gasteiger partial charge is 0.220 e. The molecular weight excluding hydrogens is 771 g/mol. The van der Waals surface area contributed by atoms with Gasteiger partial charge in [0, 0.05) is 6.42 Å². The van der Waals surface area contributed by atoms with Gasteiger partial charge in [-0.15, -0.1) is 0 Å². The quantitative estimate of drug-likeness (QED) is 0.0421. The molecule has 2 atom stereocenters. The van der Waals surface area contributed by atoms with Crippen molar-refractivity contribution in [1.82, 2.24) is 5.32 Å². The van der Waals surface area contributed by atoms with E-state index >= 15 is 0 Å². The SMILES string of the molecule is CCCCCCCCCCCCCCCCCCCCCC/C=C/C(O)C(CO)NC(=O)CCCCCCCCCCCCCCCCCCCCCCCCCCCCCCC. The van der Waals surface area contributed by atoms with Crippen LogP contribution in [0.15, 0.2) is 12.2 Å². The Kier molecular flexibility index (Phi) is 54.7. The van der Waals surface area contributed by atoms with Gasteiger partial charge in [-0.2, -0.15) is 0 Å². The van der Waals surface area contributed by atoms with Crippen LogP contribution >= 0.6 is 0 Å². The van der Waals surface area contributed by atoms with Crippen molar-refractivity contribution in [3.63, 3.8) is 0 Å². The van der Waals surface area contributed by atoms with E-state index in [1.54, 1.807) is 6.08 Å². The third-order valence-electron chi connectivity index (χ3n) is 14.0. The van der Waals surface area contributed by atoms with Crippen LogP contribution in [0.25, 0.3) is 0 Å². The largest absolute Gasteiger partial charge is 0.394 e. The summed E-state index contributed by atoms with van der Waals surface area (Å²) in [6.07, 6.45) is 72.5. The standard InChI is InChI=1S/C59H117NO3/c1-3-5-7-9-11-13-15-17-19-21-23-25-27-28-29-30-31-32-33-35-37-39-41-43-45-47-49-51-53-55-59(63)60-57(56-61)58(62)54-52-50-48-46-44-42-40-38-36-34-26-24-22-20-18-16-14-12-10-8-6-4-2/h52,54,57-58,61-62H,3-51,53,55-56H2,1-2H3,(H,60,63)/b54-52+. The highest BCUT2D eigenvalue weighted by Crippen LogP contribution is 2.18. The van der Waals surface area contributed by atoms with Crippen LogP contribution in [0.4, 0.5) is 0 Å². The second kappa shape index (κ2) is 55.5. The Labute approximate surface area is 397 Å². The van der Waals surface area contributed by atoms with Gasteiger partial charge in [-0.25, -0.2) is 0 Å². The molecule has 0 aromatic carbocycles. The summed E-state index contributed by atoms with van der Waals surface area (Å²) in [5.74, 6) is -0.0550. The fourth-order valence-electron chi connectivity index (χ4n) is 9.54. The molecule has 0 aliphatic carbocycles. The Hall–Kier alpha value is -0.870. The van der Waals surface area contributed by atoms with Crippen molar-refractivity contribution in [3.05, 3.63) is 12.2 Å². The Morgan fingerprint density at radius 2 is 0.587 bits per heavy atom. The molecule has 376 valence electrons. The monoisotopic (exact) mass is 888 g/mol. The van der Waals surface area contributed by atoms with E-state index in [-0.39, 0.29) is 12.5 Å². The van der Waals surface area contributed by atoms with E-state index in [4.69, 9.17) is 0 Å². The molecule has 0 fully saturated rings. The van der Waals surface area contributed by atoms with Crippen molar-refractivity contribution < 1.29 is 15.0 Å². The summed E-state index contributed by atoms with van der Waals surface area (Å²) in [6.45, 7) is 4.36. The average Bonchev–Trinajstić information content (AvgIpc) is 3.29. The summed E-state index contributed by atoms with van der Waals surface area (Å²) in [6, 6.07) is -0.618. The molecule has 0 aliphatic rings. The van der Waals surface area contributed by atoms with E-state index in [9.17, 15) is 15.0 Å². The first-order valence-corrected chi connectivity index (χ1v) is 29.4. The molecule has 0 aromatic rings. The first-order valence-electron chi connectivity index (χ1n) is 29.4. The first kappa shape index (κ1) is 62.1. The van der Waals surface area contributed by atoms with Crippen molar-refractivity contribution in [1.29, 1.82) is 0 Å². The number of amides is 1. The van der Waals surface area contributed by atoms with Gasteiger partial charge in [-0.3, -0.25) is 4.79 Å². The number of hydrogen-bond acceptors (Lipinski definition) is 3. The molecule has 0 spiro atoms. The third-order valence-corrected chi connectivity index (χ3v) is 14.0. The number of carbonyl (C=O) groups is 1. The van der Waals surface area contributed by atoms with Gasteiger partial charge in [0.2, 0.25) is 5.91 Å². The molecule has 0 heterocycles. The molecule has 3 N–H and O–H groups in total. The van der Waals surface area contributed by atoms with Crippen LogP contribution in [0.2, 0.25) is 0 Å². The predicted molar refractivity (Wildman–Crippen MR) is 281 cm³/mol. The van der Waals surface area contributed by atoms with E-state index in [0.717, 1.165) is 25.7 Å². The minimum Gasteiger partial charge on any atom is -0.394 e. The maximum absolute atomic E-state index is 12.5. The minimum atomic E-state index is -0.836. The van der Waals surface area contributed by atoms with Gasteiger partial charge in [-0.05, 0) is 19.3 Å². The van der Waals surface area contributed by atoms with Gasteiger partial charge in [0.05, 0.1) is 18.8 Å². The summed E-state index contributed by atoms with van der Waals surface area (Å²) in [5, 5.41) is 23.2. The zero-order chi connectivity index (χ0) is 45.6. The fourth-order valence-corrected chi connectivity index (χ4v) is 9.54. The second-order valence-electron chi connectivity index (χ2n) is 20.4. The molecule has 2 unspecified atom stereocenters. The molecule has 0 aromatic heterocycles. The highest BCUT2D eigenvalue weighted by atomic mass is 16.3. The molecule has 4 heteroatoms. The normalized spacial score (nSPS) is 12.8. The van der Waals surface area contributed by atoms with Crippen LogP contribution in [0, 0.1) is 0 Å². The topological polar surface area (TPSA) is 69.6 Å². The number of nitrogens with one attached hydrogen (secondary N) is 1. The summed E-state index contributed by atoms with van der Waals surface area (Å²) >= 11 is 0. The minimum absolute atomic E-state index is 0.0550. The van der Waals surface area contributed by atoms with E-state index in [1.165, 1.54) is 295 Å². The first-order chi connectivity index (χ1) is 31.2. The van der Waals surface area contributed by atoms with Gasteiger partial charge in [0.25, 0.3) is 0 Å². The van der Waals surface area contributed by atoms with Crippen LogP contribution in [0.3, 0.4) is 0 Å². The number of carbonyl (C=O) groups excluding carboxylic acids is 1. The molecule has 63 heavy (non-hydrogen) atoms. The third kappa shape index (κ3) is 52.0. The Morgan fingerprint density at radius 3 is 0.825 bits per heavy atom. The number of aliphatic hydroxyl groups excluding tert-OH is 2. The van der Waals surface area contributed by atoms with E-state index < -0.39 is 12.1 Å². The maximum Gasteiger partial charge on any atom is 0.220 e. The molecule has 4 nitrogen and oxygen atoms in total. The lowest BCUT2D eigenvalue weighted by Crippen LogP contribution is -2.45. The van der Waals surface area contributed by atoms with Crippen molar-refractivity contribution in [3.8, 4) is 0 Å². The zero-order valence-corrected chi connectivity index (χ0v) is 43.4. The van der Waals surface area contributed by atoms with Gasteiger partial charge >= 0.3 is 0 Å². The Morgan fingerprint density at radius 1 is 0.365 bits per heavy atom. The Balaban J connectivity index is 3.43. The number of hydrogen-bond donors (Lipinski definition) is 3. The summed E-state index contributed by atoms with van der Waals surface area (Å²) < 4.78 is 0. The summed E-state index contributed by atoms with van der Waals surface area (Å²) in [7, 11) is 0. The van der Waals surface area contributed by atoms with Crippen LogP contribution in [0.1, 0.15) is 341 Å². The van der Waals surface area contributed by atoms with Crippen molar-refractivity contribution in [2.75, 3.05) is 6.61 Å². The molecule has 0 saturated heterocycles. The highest BCUT2D eigenvalue weighted by Gasteiger charge is 2.18. The number of allylic oxidation sites excluding steroid dienone is 1. The number of unbranched alkanes of at least 4 members (excludes halogenated alkanes) is 48. The van der Waals surface area contributed by atoms with Crippen LogP contribution < -0.4 is 5.32 Å². The molecule has 1 amide bonds. The van der Waals surface area contributed by atoms with Gasteiger partial charge in [0.1, 0.15) is 0 Å². The van der Waals surface area contributed by atoms with E-state index in [2.05, 4.69) is 19.2 Å². The average molecular weight is 889 g/mol. The Bertz CT molecular complexity index is 875. The molecular formula is C59H117NO3. The van der Waals surface area contributed by atoms with Crippen LogP contribution in [0.5, 0.6) is 0 Å². The van der Waals surface area contributed by atoms with Crippen molar-refractivity contribution >= 4 is 5.91 Å². The van der Waals surface area contributed by atoms with Crippen LogP contribution in [-0.2, 0) is 4.79 Å². The highest BCUT2D eigenvalue weighted by molar-refractivity contribution is 5.76. The molecule has 0 saturated carbocycles. The van der Waals surface area contributed by atoms with Gasteiger partial charge in [-0.1, -0.05) is 328 Å². The summed E-state index contributed by atoms with van der Waals surface area (Å²) in [5.41, 5.74) is 0. The van der Waals surface area contributed by atoms with Gasteiger partial charge < -0.3 is 15.5 Å². The summed E-state index contributed by atoms with van der Waals surface area (Å²) in [4.78, 5) is 12.5. The molecule has 0 radical (unpaired) electrons. The van der Waals surface area contributed by atoms with Gasteiger partial charge in [0.15, 0.2) is 0 Å². The zero-order valence-electron chi connectivity index (χ0n) is 43.4.